The molecule has 0 fully saturated rings. The van der Waals surface area contributed by atoms with Gasteiger partial charge in [0.05, 0.1) is 0 Å². The number of rotatable bonds is 54. The third-order valence-electron chi connectivity index (χ3n) is 12.8. The van der Waals surface area contributed by atoms with Gasteiger partial charge in [-0.3, -0.25) is 14.4 Å². The van der Waals surface area contributed by atoms with E-state index in [9.17, 15) is 14.4 Å². The average Bonchev–Trinajstić information content (AvgIpc) is 3.39. The monoisotopic (exact) mass is 1010 g/mol. The first-order valence-corrected chi connectivity index (χ1v) is 30.4. The predicted octanol–water partition coefficient (Wildman–Crippen LogP) is 20.7. The fourth-order valence-electron chi connectivity index (χ4n) is 8.23. The standard InChI is InChI=1S/C67H112O6/c1-4-7-10-13-16-19-21-23-25-27-29-31-33-35-37-39-41-43-45-48-51-54-57-60-66(69)72-63-64(62-71-65(68)59-56-53-50-47-18-15-12-9-6-3)73-67(70)61-58-55-52-49-46-44-42-40-38-36-34-32-30-28-26-24-22-20-17-14-11-8-5-2/h7,10,16,19,22-25,28-31,35,37,41,43,48,51,64H,4-6,8-9,11-15,17-18,20-21,26-27,32-34,36,38-40,42,44-47,49-50,52-63H2,1-3H3/b10-7-,19-16-,24-22-,25-23-,30-28-,31-29-,37-35-,43-41-,51-48-. The predicted molar refractivity (Wildman–Crippen MR) is 316 cm³/mol. The van der Waals surface area contributed by atoms with Crippen LogP contribution in [0.5, 0.6) is 0 Å². The van der Waals surface area contributed by atoms with Gasteiger partial charge in [-0.05, 0) is 103 Å². The Labute approximate surface area is 450 Å². The molecule has 0 heterocycles. The van der Waals surface area contributed by atoms with Gasteiger partial charge in [0, 0.05) is 19.3 Å². The quantitative estimate of drug-likeness (QED) is 0.0261. The largest absolute Gasteiger partial charge is 0.462 e. The highest BCUT2D eigenvalue weighted by molar-refractivity contribution is 5.71. The lowest BCUT2D eigenvalue weighted by atomic mass is 10.0. The Morgan fingerprint density at radius 3 is 0.890 bits per heavy atom. The maximum absolute atomic E-state index is 12.9. The van der Waals surface area contributed by atoms with E-state index < -0.39 is 6.10 Å². The van der Waals surface area contributed by atoms with Gasteiger partial charge in [-0.25, -0.2) is 0 Å². The van der Waals surface area contributed by atoms with Gasteiger partial charge in [0.15, 0.2) is 6.10 Å². The van der Waals surface area contributed by atoms with Crippen molar-refractivity contribution in [2.75, 3.05) is 13.2 Å². The Morgan fingerprint density at radius 2 is 0.548 bits per heavy atom. The topological polar surface area (TPSA) is 78.9 Å². The van der Waals surface area contributed by atoms with E-state index in [4.69, 9.17) is 14.2 Å². The molecule has 0 aromatic carbocycles. The molecule has 0 N–H and O–H groups in total. The van der Waals surface area contributed by atoms with Crippen LogP contribution in [0.25, 0.3) is 0 Å². The number of hydrogen-bond acceptors (Lipinski definition) is 6. The van der Waals surface area contributed by atoms with Crippen LogP contribution in [0.2, 0.25) is 0 Å². The van der Waals surface area contributed by atoms with Crippen LogP contribution in [-0.2, 0) is 28.6 Å². The van der Waals surface area contributed by atoms with Crippen LogP contribution < -0.4 is 0 Å². The highest BCUT2D eigenvalue weighted by Gasteiger charge is 2.19. The van der Waals surface area contributed by atoms with Gasteiger partial charge in [-0.2, -0.15) is 0 Å². The molecule has 0 spiro atoms. The van der Waals surface area contributed by atoms with Crippen LogP contribution in [0.3, 0.4) is 0 Å². The number of esters is 3. The molecule has 0 aliphatic heterocycles. The van der Waals surface area contributed by atoms with Gasteiger partial charge >= 0.3 is 17.9 Å². The van der Waals surface area contributed by atoms with Crippen LogP contribution in [0, 0.1) is 0 Å². The molecule has 0 aromatic heterocycles. The molecule has 0 rings (SSSR count). The molecule has 1 atom stereocenters. The van der Waals surface area contributed by atoms with Gasteiger partial charge in [0.25, 0.3) is 0 Å². The second-order valence-electron chi connectivity index (χ2n) is 19.9. The van der Waals surface area contributed by atoms with Crippen molar-refractivity contribution in [2.45, 2.75) is 284 Å². The van der Waals surface area contributed by atoms with Crippen molar-refractivity contribution in [3.8, 4) is 0 Å². The fraction of sp³-hybridized carbons (Fsp3) is 0.687. The summed E-state index contributed by atoms with van der Waals surface area (Å²) >= 11 is 0. The molecular formula is C67H112O6. The summed E-state index contributed by atoms with van der Waals surface area (Å²) in [5.74, 6) is -0.960. The minimum atomic E-state index is -0.803. The van der Waals surface area contributed by atoms with Crippen molar-refractivity contribution in [2.24, 2.45) is 0 Å². The normalized spacial score (nSPS) is 12.9. The van der Waals surface area contributed by atoms with Crippen LogP contribution >= 0.6 is 0 Å². The summed E-state index contributed by atoms with van der Waals surface area (Å²) in [6.45, 7) is 6.46. The van der Waals surface area contributed by atoms with Crippen molar-refractivity contribution < 1.29 is 28.6 Å². The third kappa shape index (κ3) is 58.8. The maximum Gasteiger partial charge on any atom is 0.306 e. The first-order valence-electron chi connectivity index (χ1n) is 30.4. The molecule has 0 aromatic rings. The number of carbonyl (C=O) groups excluding carboxylic acids is 3. The van der Waals surface area contributed by atoms with Crippen molar-refractivity contribution in [3.63, 3.8) is 0 Å². The van der Waals surface area contributed by atoms with Crippen LogP contribution in [-0.4, -0.2) is 37.2 Å². The zero-order valence-electron chi connectivity index (χ0n) is 47.6. The Balaban J connectivity index is 4.36. The summed E-state index contributed by atoms with van der Waals surface area (Å²) < 4.78 is 16.8. The summed E-state index contributed by atoms with van der Waals surface area (Å²) in [5.41, 5.74) is 0. The van der Waals surface area contributed by atoms with E-state index in [1.54, 1.807) is 0 Å². The van der Waals surface area contributed by atoms with E-state index in [0.29, 0.717) is 19.3 Å². The summed E-state index contributed by atoms with van der Waals surface area (Å²) in [6.07, 6.45) is 82.4. The number of carbonyl (C=O) groups is 3. The number of hydrogen-bond donors (Lipinski definition) is 0. The molecule has 0 amide bonds. The zero-order chi connectivity index (χ0) is 52.9. The molecule has 6 heteroatoms. The van der Waals surface area contributed by atoms with Gasteiger partial charge in [-0.15, -0.1) is 0 Å². The van der Waals surface area contributed by atoms with Gasteiger partial charge in [0.1, 0.15) is 13.2 Å². The fourth-order valence-corrected chi connectivity index (χ4v) is 8.23. The van der Waals surface area contributed by atoms with Crippen LogP contribution in [0.1, 0.15) is 278 Å². The summed E-state index contributed by atoms with van der Waals surface area (Å²) in [5, 5.41) is 0. The lowest BCUT2D eigenvalue weighted by Crippen LogP contribution is -2.30. The molecule has 0 bridgehead atoms. The molecule has 1 unspecified atom stereocenters. The number of ether oxygens (including phenoxy) is 3. The van der Waals surface area contributed by atoms with Gasteiger partial charge in [-0.1, -0.05) is 265 Å². The Morgan fingerprint density at radius 1 is 0.288 bits per heavy atom. The lowest BCUT2D eigenvalue weighted by molar-refractivity contribution is -0.167. The molecule has 0 radical (unpaired) electrons. The van der Waals surface area contributed by atoms with Crippen molar-refractivity contribution in [1.29, 1.82) is 0 Å². The van der Waals surface area contributed by atoms with Crippen LogP contribution in [0.4, 0.5) is 0 Å². The molecule has 0 aliphatic carbocycles. The number of allylic oxidation sites excluding steroid dienone is 18. The van der Waals surface area contributed by atoms with E-state index in [0.717, 1.165) is 96.3 Å². The molecule has 0 saturated heterocycles. The summed E-state index contributed by atoms with van der Waals surface area (Å²) in [7, 11) is 0. The van der Waals surface area contributed by atoms with E-state index in [2.05, 4.69) is 130 Å². The first-order chi connectivity index (χ1) is 36.0. The van der Waals surface area contributed by atoms with E-state index in [1.165, 1.54) is 135 Å². The third-order valence-corrected chi connectivity index (χ3v) is 12.8. The Kier molecular flexibility index (Phi) is 57.4. The lowest BCUT2D eigenvalue weighted by Gasteiger charge is -2.18. The Bertz CT molecular complexity index is 1490. The molecule has 0 aliphatic rings. The van der Waals surface area contributed by atoms with Crippen molar-refractivity contribution in [1.82, 2.24) is 0 Å². The number of unbranched alkanes of at least 4 members (excludes halogenated alkanes) is 25. The highest BCUT2D eigenvalue weighted by atomic mass is 16.6. The minimum absolute atomic E-state index is 0.0963. The summed E-state index contributed by atoms with van der Waals surface area (Å²) in [6, 6.07) is 0. The Hall–Kier alpha value is -3.93. The summed E-state index contributed by atoms with van der Waals surface area (Å²) in [4.78, 5) is 38.1. The molecule has 6 nitrogen and oxygen atoms in total. The zero-order valence-corrected chi connectivity index (χ0v) is 47.6. The second kappa shape index (κ2) is 60.6. The van der Waals surface area contributed by atoms with Gasteiger partial charge in [0.2, 0.25) is 0 Å². The van der Waals surface area contributed by atoms with E-state index >= 15 is 0 Å². The van der Waals surface area contributed by atoms with E-state index in [-0.39, 0.29) is 37.5 Å². The first kappa shape index (κ1) is 69.1. The molecular weight excluding hydrogens is 901 g/mol. The van der Waals surface area contributed by atoms with Crippen molar-refractivity contribution in [3.05, 3.63) is 109 Å². The minimum Gasteiger partial charge on any atom is -0.462 e. The highest BCUT2D eigenvalue weighted by Crippen LogP contribution is 2.15. The molecule has 416 valence electrons. The second-order valence-corrected chi connectivity index (χ2v) is 19.9. The average molecular weight is 1010 g/mol. The van der Waals surface area contributed by atoms with Crippen LogP contribution in [0.15, 0.2) is 109 Å². The van der Waals surface area contributed by atoms with E-state index in [1.807, 2.05) is 0 Å². The van der Waals surface area contributed by atoms with Gasteiger partial charge < -0.3 is 14.2 Å². The smallest absolute Gasteiger partial charge is 0.306 e. The van der Waals surface area contributed by atoms with Crippen molar-refractivity contribution >= 4 is 17.9 Å². The maximum atomic E-state index is 12.9. The molecule has 0 saturated carbocycles. The SMILES string of the molecule is CC/C=C\C/C=C\C/C=C\C/C=C\C/C=C\C/C=C\C/C=C\CCCC(=O)OCC(COC(=O)CCCCCCCCCCC)OC(=O)CCCCCCCCCCCCC/C=C\C/C=C\CCCCCCC. The molecule has 73 heavy (non-hydrogen) atoms.